The molecule has 0 amide bonds. The molecule has 0 fully saturated rings. The van der Waals surface area contributed by atoms with Crippen molar-refractivity contribution in [2.75, 3.05) is 18.4 Å². The van der Waals surface area contributed by atoms with Gasteiger partial charge in [0.2, 0.25) is 0 Å². The second kappa shape index (κ2) is 4.68. The van der Waals surface area contributed by atoms with E-state index in [1.807, 2.05) is 31.2 Å². The Morgan fingerprint density at radius 3 is 2.94 bits per heavy atom. The summed E-state index contributed by atoms with van der Waals surface area (Å²) < 4.78 is 0. The van der Waals surface area contributed by atoms with Crippen molar-refractivity contribution in [3.63, 3.8) is 0 Å². The molecule has 1 aromatic heterocycles. The summed E-state index contributed by atoms with van der Waals surface area (Å²) in [6.07, 6.45) is 0. The summed E-state index contributed by atoms with van der Waals surface area (Å²) >= 11 is 5.98. The van der Waals surface area contributed by atoms with Gasteiger partial charge in [-0.05, 0) is 31.2 Å². The molecule has 3 nitrogen and oxygen atoms in total. The minimum atomic E-state index is 0.601. The molecule has 16 heavy (non-hydrogen) atoms. The number of aryl methyl sites for hydroxylation is 1. The number of nitrogens with two attached hydrogens (primary N) is 1. The molecule has 4 heteroatoms. The molecule has 0 bridgehead atoms. The lowest BCUT2D eigenvalue weighted by molar-refractivity contribution is 1.02. The minimum absolute atomic E-state index is 0.601. The molecule has 2 aromatic rings. The van der Waals surface area contributed by atoms with Crippen LogP contribution in [0.1, 0.15) is 5.69 Å². The lowest BCUT2D eigenvalue weighted by Crippen LogP contribution is -2.13. The van der Waals surface area contributed by atoms with Crippen LogP contribution in [-0.2, 0) is 0 Å². The molecule has 0 saturated carbocycles. The third-order valence-electron chi connectivity index (χ3n) is 2.36. The van der Waals surface area contributed by atoms with Crippen molar-refractivity contribution in [2.45, 2.75) is 6.92 Å². The summed E-state index contributed by atoms with van der Waals surface area (Å²) in [5.41, 5.74) is 8.45. The first-order valence-corrected chi connectivity index (χ1v) is 5.59. The first-order valence-electron chi connectivity index (χ1n) is 5.21. The quantitative estimate of drug-likeness (QED) is 0.860. The summed E-state index contributed by atoms with van der Waals surface area (Å²) in [5.74, 6) is 0. The number of pyridine rings is 1. The SMILES string of the molecule is Cc1cc(NCCN)c2cc(Cl)ccc2n1. The number of nitrogens with one attached hydrogen (secondary N) is 1. The fraction of sp³-hybridized carbons (Fsp3) is 0.250. The Balaban J connectivity index is 2.55. The highest BCUT2D eigenvalue weighted by molar-refractivity contribution is 6.31. The summed E-state index contributed by atoms with van der Waals surface area (Å²) in [6.45, 7) is 3.32. The van der Waals surface area contributed by atoms with Crippen LogP contribution < -0.4 is 11.1 Å². The van der Waals surface area contributed by atoms with Gasteiger partial charge in [-0.3, -0.25) is 4.98 Å². The Hall–Kier alpha value is -1.32. The molecule has 2 rings (SSSR count). The topological polar surface area (TPSA) is 50.9 Å². The highest BCUT2D eigenvalue weighted by Crippen LogP contribution is 2.25. The van der Waals surface area contributed by atoms with Crippen molar-refractivity contribution in [1.82, 2.24) is 4.98 Å². The molecule has 0 aliphatic carbocycles. The molecule has 0 aliphatic rings. The van der Waals surface area contributed by atoms with Crippen molar-refractivity contribution in [3.05, 3.63) is 35.0 Å². The number of anilines is 1. The third-order valence-corrected chi connectivity index (χ3v) is 2.59. The predicted octanol–water partition coefficient (Wildman–Crippen LogP) is 2.57. The van der Waals surface area contributed by atoms with Crippen molar-refractivity contribution >= 4 is 28.2 Å². The smallest absolute Gasteiger partial charge is 0.0726 e. The minimum Gasteiger partial charge on any atom is -0.383 e. The normalized spacial score (nSPS) is 10.7. The van der Waals surface area contributed by atoms with E-state index >= 15 is 0 Å². The Bertz CT molecular complexity index is 511. The number of hydrogen-bond donors (Lipinski definition) is 2. The molecular formula is C12H14ClN3. The number of halogens is 1. The van der Waals surface area contributed by atoms with Gasteiger partial charge in [0.1, 0.15) is 0 Å². The number of fused-ring (bicyclic) bond motifs is 1. The van der Waals surface area contributed by atoms with Crippen LogP contribution >= 0.6 is 11.6 Å². The fourth-order valence-electron chi connectivity index (χ4n) is 1.68. The standard InChI is InChI=1S/C12H14ClN3/c1-8-6-12(15-5-4-14)10-7-9(13)2-3-11(10)16-8/h2-3,6-7H,4-5,14H2,1H3,(H,15,16). The Morgan fingerprint density at radius 2 is 2.19 bits per heavy atom. The average Bonchev–Trinajstić information content (AvgIpc) is 2.26. The van der Waals surface area contributed by atoms with E-state index < -0.39 is 0 Å². The van der Waals surface area contributed by atoms with Crippen molar-refractivity contribution in [3.8, 4) is 0 Å². The molecule has 3 N–H and O–H groups in total. The zero-order chi connectivity index (χ0) is 11.5. The lowest BCUT2D eigenvalue weighted by Gasteiger charge is -2.10. The van der Waals surface area contributed by atoms with Gasteiger partial charge in [0.05, 0.1) is 5.52 Å². The Labute approximate surface area is 99.6 Å². The van der Waals surface area contributed by atoms with E-state index in [9.17, 15) is 0 Å². The number of nitrogens with zero attached hydrogens (tertiary/aromatic N) is 1. The molecule has 84 valence electrons. The largest absolute Gasteiger partial charge is 0.383 e. The molecular weight excluding hydrogens is 222 g/mol. The summed E-state index contributed by atoms with van der Waals surface area (Å²) in [6, 6.07) is 7.71. The van der Waals surface area contributed by atoms with E-state index in [1.165, 1.54) is 0 Å². The van der Waals surface area contributed by atoms with Crippen LogP contribution in [0.5, 0.6) is 0 Å². The Kier molecular flexibility index (Phi) is 3.27. The van der Waals surface area contributed by atoms with E-state index in [4.69, 9.17) is 17.3 Å². The van der Waals surface area contributed by atoms with E-state index in [1.54, 1.807) is 0 Å². The van der Waals surface area contributed by atoms with Gasteiger partial charge in [0, 0.05) is 34.9 Å². The van der Waals surface area contributed by atoms with Crippen LogP contribution in [-0.4, -0.2) is 18.1 Å². The first-order chi connectivity index (χ1) is 7.70. The van der Waals surface area contributed by atoms with Crippen LogP contribution in [0.4, 0.5) is 5.69 Å². The van der Waals surface area contributed by atoms with E-state index in [2.05, 4.69) is 10.3 Å². The molecule has 0 unspecified atom stereocenters. The zero-order valence-corrected chi connectivity index (χ0v) is 9.88. The monoisotopic (exact) mass is 235 g/mol. The van der Waals surface area contributed by atoms with Crippen LogP contribution in [0.2, 0.25) is 5.02 Å². The van der Waals surface area contributed by atoms with Crippen LogP contribution in [0.25, 0.3) is 10.9 Å². The summed E-state index contributed by atoms with van der Waals surface area (Å²) in [5, 5.41) is 5.03. The van der Waals surface area contributed by atoms with Crippen LogP contribution in [0.15, 0.2) is 24.3 Å². The first kappa shape index (κ1) is 11.2. The molecule has 1 heterocycles. The number of rotatable bonds is 3. The number of aromatic nitrogens is 1. The second-order valence-corrected chi connectivity index (χ2v) is 4.12. The van der Waals surface area contributed by atoms with Gasteiger partial charge >= 0.3 is 0 Å². The van der Waals surface area contributed by atoms with E-state index in [-0.39, 0.29) is 0 Å². The van der Waals surface area contributed by atoms with Crippen LogP contribution in [0.3, 0.4) is 0 Å². The molecule has 1 aromatic carbocycles. The molecule has 0 saturated heterocycles. The maximum atomic E-state index is 5.98. The van der Waals surface area contributed by atoms with Gasteiger partial charge in [0.15, 0.2) is 0 Å². The molecule has 0 aliphatic heterocycles. The van der Waals surface area contributed by atoms with Gasteiger partial charge in [0.25, 0.3) is 0 Å². The fourth-order valence-corrected chi connectivity index (χ4v) is 1.86. The maximum Gasteiger partial charge on any atom is 0.0726 e. The van der Waals surface area contributed by atoms with Crippen molar-refractivity contribution < 1.29 is 0 Å². The van der Waals surface area contributed by atoms with Gasteiger partial charge in [-0.15, -0.1) is 0 Å². The van der Waals surface area contributed by atoms with Crippen molar-refractivity contribution in [1.29, 1.82) is 0 Å². The highest BCUT2D eigenvalue weighted by Gasteiger charge is 2.03. The lowest BCUT2D eigenvalue weighted by atomic mass is 10.1. The van der Waals surface area contributed by atoms with Gasteiger partial charge in [-0.25, -0.2) is 0 Å². The second-order valence-electron chi connectivity index (χ2n) is 3.69. The number of benzene rings is 1. The summed E-state index contributed by atoms with van der Waals surface area (Å²) in [7, 11) is 0. The molecule has 0 atom stereocenters. The predicted molar refractivity (Wildman–Crippen MR) is 69.0 cm³/mol. The van der Waals surface area contributed by atoms with Gasteiger partial charge < -0.3 is 11.1 Å². The average molecular weight is 236 g/mol. The van der Waals surface area contributed by atoms with Gasteiger partial charge in [-0.1, -0.05) is 11.6 Å². The van der Waals surface area contributed by atoms with Crippen LogP contribution in [0, 0.1) is 6.92 Å². The maximum absolute atomic E-state index is 5.98. The highest BCUT2D eigenvalue weighted by atomic mass is 35.5. The molecule has 0 radical (unpaired) electrons. The van der Waals surface area contributed by atoms with Crippen molar-refractivity contribution in [2.24, 2.45) is 5.73 Å². The third kappa shape index (κ3) is 2.26. The zero-order valence-electron chi connectivity index (χ0n) is 9.13. The summed E-state index contributed by atoms with van der Waals surface area (Å²) in [4.78, 5) is 4.46. The van der Waals surface area contributed by atoms with E-state index in [0.717, 1.165) is 28.8 Å². The molecule has 0 spiro atoms. The Morgan fingerprint density at radius 1 is 1.38 bits per heavy atom. The van der Waals surface area contributed by atoms with Gasteiger partial charge in [-0.2, -0.15) is 0 Å². The van der Waals surface area contributed by atoms with E-state index in [0.29, 0.717) is 11.6 Å². The number of hydrogen-bond acceptors (Lipinski definition) is 3.